The molecule has 0 N–H and O–H groups in total. The Morgan fingerprint density at radius 2 is 1.83 bits per heavy atom. The molecule has 1 fully saturated rings. The number of fused-ring (bicyclic) bond motifs is 1. The van der Waals surface area contributed by atoms with Crippen molar-refractivity contribution in [2.24, 2.45) is 7.05 Å². The second-order valence-electron chi connectivity index (χ2n) is 7.08. The van der Waals surface area contributed by atoms with Crippen LogP contribution in [0.4, 0.5) is 0 Å². The summed E-state index contributed by atoms with van der Waals surface area (Å²) in [7, 11) is 2.00. The number of rotatable bonds is 3. The summed E-state index contributed by atoms with van der Waals surface area (Å²) in [4.78, 5) is 17.4. The fraction of sp³-hybridized carbons (Fsp3) is 0.450. The zero-order valence-corrected chi connectivity index (χ0v) is 15.2. The molecule has 2 heterocycles. The Kier molecular flexibility index (Phi) is 4.50. The van der Waals surface area contributed by atoms with Crippen molar-refractivity contribution in [3.05, 3.63) is 47.2 Å². The lowest BCUT2D eigenvalue weighted by Gasteiger charge is -2.35. The van der Waals surface area contributed by atoms with Gasteiger partial charge in [0.05, 0.1) is 0 Å². The molecule has 0 radical (unpaired) electrons. The first kappa shape index (κ1) is 16.8. The number of carbonyl (C=O) groups is 1. The molecular weight excluding hydrogens is 298 g/mol. The number of nitrogens with zero attached hydrogens (tertiary/aromatic N) is 3. The van der Waals surface area contributed by atoms with Crippen molar-refractivity contribution in [3.8, 4) is 0 Å². The normalized spacial score (nSPS) is 15.9. The first-order chi connectivity index (χ1) is 11.4. The minimum atomic E-state index is 0.152. The Bertz CT molecular complexity index is 795. The van der Waals surface area contributed by atoms with Gasteiger partial charge in [-0.15, -0.1) is 0 Å². The van der Waals surface area contributed by atoms with Crippen LogP contribution in [-0.4, -0.2) is 53.0 Å². The van der Waals surface area contributed by atoms with Crippen molar-refractivity contribution in [3.63, 3.8) is 0 Å². The summed E-state index contributed by atoms with van der Waals surface area (Å²) >= 11 is 0. The van der Waals surface area contributed by atoms with Crippen LogP contribution < -0.4 is 0 Å². The highest BCUT2D eigenvalue weighted by atomic mass is 16.2. The summed E-state index contributed by atoms with van der Waals surface area (Å²) in [5, 5.41) is 1.18. The van der Waals surface area contributed by atoms with Crippen molar-refractivity contribution in [1.82, 2.24) is 14.4 Å². The van der Waals surface area contributed by atoms with Gasteiger partial charge in [-0.25, -0.2) is 0 Å². The average Bonchev–Trinajstić information content (AvgIpc) is 2.78. The summed E-state index contributed by atoms with van der Waals surface area (Å²) in [5.74, 6) is 0.152. The lowest BCUT2D eigenvalue weighted by Crippen LogP contribution is -2.49. The number of carbonyl (C=O) groups excluding carboxylic acids is 1. The van der Waals surface area contributed by atoms with Crippen LogP contribution in [0.5, 0.6) is 0 Å². The molecule has 0 aliphatic carbocycles. The topological polar surface area (TPSA) is 28.5 Å². The van der Waals surface area contributed by atoms with Crippen molar-refractivity contribution in [2.75, 3.05) is 32.7 Å². The summed E-state index contributed by atoms with van der Waals surface area (Å²) < 4.78 is 2.05. The van der Waals surface area contributed by atoms with Crippen LogP contribution in [0.1, 0.15) is 28.5 Å². The number of benzene rings is 1. The first-order valence-electron chi connectivity index (χ1n) is 8.60. The molecule has 4 nitrogen and oxygen atoms in total. The zero-order valence-electron chi connectivity index (χ0n) is 15.2. The molecule has 4 heteroatoms. The highest BCUT2D eigenvalue weighted by Crippen LogP contribution is 2.27. The molecular formula is C20H27N3O. The van der Waals surface area contributed by atoms with Gasteiger partial charge in [-0.2, -0.15) is 0 Å². The molecule has 0 bridgehead atoms. The molecule has 1 saturated heterocycles. The second kappa shape index (κ2) is 6.44. The van der Waals surface area contributed by atoms with Gasteiger partial charge in [0.2, 0.25) is 0 Å². The monoisotopic (exact) mass is 325 g/mol. The third-order valence-corrected chi connectivity index (χ3v) is 4.96. The van der Waals surface area contributed by atoms with E-state index in [1.165, 1.54) is 16.5 Å². The molecule has 1 aliphatic rings. The van der Waals surface area contributed by atoms with Crippen LogP contribution in [0, 0.1) is 13.8 Å². The van der Waals surface area contributed by atoms with Crippen LogP contribution in [0.3, 0.4) is 0 Å². The third-order valence-electron chi connectivity index (χ3n) is 4.96. The average molecular weight is 325 g/mol. The summed E-state index contributed by atoms with van der Waals surface area (Å²) in [6.45, 7) is 14.5. The molecule has 1 aromatic heterocycles. The van der Waals surface area contributed by atoms with Crippen molar-refractivity contribution >= 4 is 16.8 Å². The van der Waals surface area contributed by atoms with Gasteiger partial charge in [0.25, 0.3) is 5.91 Å². The SMILES string of the molecule is C=C(C)CN1CCN(C(=O)c2c(C)c3cc(C)ccc3n2C)CC1. The van der Waals surface area contributed by atoms with E-state index < -0.39 is 0 Å². The summed E-state index contributed by atoms with van der Waals surface area (Å²) in [6, 6.07) is 6.39. The van der Waals surface area contributed by atoms with Gasteiger partial charge in [0.15, 0.2) is 0 Å². The van der Waals surface area contributed by atoms with E-state index in [0.717, 1.165) is 49.5 Å². The lowest BCUT2D eigenvalue weighted by atomic mass is 10.1. The smallest absolute Gasteiger partial charge is 0.270 e. The van der Waals surface area contributed by atoms with E-state index in [2.05, 4.69) is 50.4 Å². The van der Waals surface area contributed by atoms with E-state index >= 15 is 0 Å². The Morgan fingerprint density at radius 3 is 2.46 bits per heavy atom. The standard InChI is InChI=1S/C20H27N3O/c1-14(2)13-22-8-10-23(11-9-22)20(24)19-16(4)17-12-15(3)6-7-18(17)21(19)5/h6-7,12H,1,8-11,13H2,2-5H3. The minimum absolute atomic E-state index is 0.152. The fourth-order valence-corrected chi connectivity index (χ4v) is 3.69. The van der Waals surface area contributed by atoms with Crippen LogP contribution in [-0.2, 0) is 7.05 Å². The molecule has 0 atom stereocenters. The Hall–Kier alpha value is -2.07. The molecule has 0 saturated carbocycles. The summed E-state index contributed by atoms with van der Waals surface area (Å²) in [5.41, 5.74) is 5.44. The van der Waals surface area contributed by atoms with E-state index in [4.69, 9.17) is 0 Å². The van der Waals surface area contributed by atoms with Gasteiger partial charge >= 0.3 is 0 Å². The van der Waals surface area contributed by atoms with E-state index in [9.17, 15) is 4.79 Å². The third kappa shape index (κ3) is 2.98. The zero-order chi connectivity index (χ0) is 17.4. The molecule has 0 unspecified atom stereocenters. The molecule has 3 rings (SSSR count). The van der Waals surface area contributed by atoms with Gasteiger partial charge in [0.1, 0.15) is 5.69 Å². The predicted octanol–water partition coefficient (Wildman–Crippen LogP) is 3.13. The first-order valence-corrected chi connectivity index (χ1v) is 8.60. The van der Waals surface area contributed by atoms with Crippen molar-refractivity contribution in [2.45, 2.75) is 20.8 Å². The van der Waals surface area contributed by atoms with Crippen LogP contribution >= 0.6 is 0 Å². The predicted molar refractivity (Wildman–Crippen MR) is 99.6 cm³/mol. The van der Waals surface area contributed by atoms with Gasteiger partial charge < -0.3 is 9.47 Å². The van der Waals surface area contributed by atoms with Crippen molar-refractivity contribution < 1.29 is 4.79 Å². The van der Waals surface area contributed by atoms with E-state index in [1.54, 1.807) is 0 Å². The Labute approximate surface area is 144 Å². The number of piperazine rings is 1. The Morgan fingerprint density at radius 1 is 1.17 bits per heavy atom. The number of aromatic nitrogens is 1. The maximum Gasteiger partial charge on any atom is 0.270 e. The van der Waals surface area contributed by atoms with E-state index in [1.807, 2.05) is 16.5 Å². The van der Waals surface area contributed by atoms with Crippen LogP contribution in [0.15, 0.2) is 30.4 Å². The molecule has 1 aliphatic heterocycles. The highest BCUT2D eigenvalue weighted by Gasteiger charge is 2.26. The van der Waals surface area contributed by atoms with E-state index in [0.29, 0.717) is 0 Å². The fourth-order valence-electron chi connectivity index (χ4n) is 3.69. The molecule has 24 heavy (non-hydrogen) atoms. The van der Waals surface area contributed by atoms with Crippen LogP contribution in [0.25, 0.3) is 10.9 Å². The second-order valence-corrected chi connectivity index (χ2v) is 7.08. The van der Waals surface area contributed by atoms with Gasteiger partial charge in [-0.1, -0.05) is 23.8 Å². The van der Waals surface area contributed by atoms with Gasteiger partial charge in [-0.3, -0.25) is 9.69 Å². The quantitative estimate of drug-likeness (QED) is 0.811. The molecule has 1 amide bonds. The van der Waals surface area contributed by atoms with Crippen molar-refractivity contribution in [1.29, 1.82) is 0 Å². The largest absolute Gasteiger partial charge is 0.339 e. The molecule has 128 valence electrons. The number of amides is 1. The Balaban J connectivity index is 1.84. The number of aryl methyl sites for hydroxylation is 3. The molecule has 0 spiro atoms. The maximum absolute atomic E-state index is 13.1. The molecule has 1 aromatic carbocycles. The summed E-state index contributed by atoms with van der Waals surface area (Å²) in [6.07, 6.45) is 0. The molecule has 2 aromatic rings. The van der Waals surface area contributed by atoms with Crippen LogP contribution in [0.2, 0.25) is 0 Å². The lowest BCUT2D eigenvalue weighted by molar-refractivity contribution is 0.0638. The highest BCUT2D eigenvalue weighted by molar-refractivity contribution is 6.01. The van der Waals surface area contributed by atoms with Gasteiger partial charge in [0, 0.05) is 50.7 Å². The minimum Gasteiger partial charge on any atom is -0.339 e. The number of hydrogen-bond acceptors (Lipinski definition) is 2. The maximum atomic E-state index is 13.1. The number of hydrogen-bond donors (Lipinski definition) is 0. The van der Waals surface area contributed by atoms with E-state index in [-0.39, 0.29) is 5.91 Å². The van der Waals surface area contributed by atoms with Gasteiger partial charge in [-0.05, 0) is 38.5 Å².